The number of carbonyl (C=O) groups is 2. The molecule has 136 valence electrons. The van der Waals surface area contributed by atoms with Crippen LogP contribution in [0.1, 0.15) is 21.5 Å². The summed E-state index contributed by atoms with van der Waals surface area (Å²) in [5, 5.41) is 12.4. The average molecular weight is 363 g/mol. The lowest BCUT2D eigenvalue weighted by Gasteiger charge is -2.28. The molecule has 4 rings (SSSR count). The third-order valence-corrected chi connectivity index (χ3v) is 4.82. The highest BCUT2D eigenvalue weighted by molar-refractivity contribution is 6.06. The van der Waals surface area contributed by atoms with Gasteiger partial charge in [-0.2, -0.15) is 0 Å². The molecular formula is C20H17N3O4. The molecule has 0 unspecified atom stereocenters. The number of anilines is 1. The maximum Gasteiger partial charge on any atom is 0.407 e. The van der Waals surface area contributed by atoms with Crippen LogP contribution in [0.4, 0.5) is 10.5 Å². The number of aromatic nitrogens is 1. The number of pyridine rings is 1. The minimum atomic E-state index is -0.960. The topological polar surface area (TPSA) is 102 Å². The van der Waals surface area contributed by atoms with Crippen molar-refractivity contribution >= 4 is 28.6 Å². The van der Waals surface area contributed by atoms with Gasteiger partial charge in [0.05, 0.1) is 0 Å². The summed E-state index contributed by atoms with van der Waals surface area (Å²) in [7, 11) is 0. The molecule has 0 aliphatic carbocycles. The molecule has 0 saturated carbocycles. The zero-order valence-electron chi connectivity index (χ0n) is 14.4. The molecule has 1 aliphatic rings. The molecule has 1 aliphatic heterocycles. The highest BCUT2D eigenvalue weighted by Crippen LogP contribution is 2.26. The Morgan fingerprint density at radius 1 is 1.11 bits per heavy atom. The Hall–Kier alpha value is -3.61. The van der Waals surface area contributed by atoms with Crippen LogP contribution >= 0.6 is 0 Å². The Morgan fingerprint density at radius 2 is 1.93 bits per heavy atom. The number of aromatic amines is 1. The molecule has 0 saturated heterocycles. The van der Waals surface area contributed by atoms with E-state index in [9.17, 15) is 14.4 Å². The first-order valence-corrected chi connectivity index (χ1v) is 8.55. The number of benzene rings is 2. The molecule has 2 amide bonds. The minimum Gasteiger partial charge on any atom is -0.465 e. The van der Waals surface area contributed by atoms with Crippen molar-refractivity contribution in [1.29, 1.82) is 0 Å². The van der Waals surface area contributed by atoms with Crippen molar-refractivity contribution in [1.82, 2.24) is 9.88 Å². The first kappa shape index (κ1) is 16.8. The van der Waals surface area contributed by atoms with Crippen molar-refractivity contribution < 1.29 is 14.7 Å². The second kappa shape index (κ2) is 6.60. The molecule has 3 N–H and O–H groups in total. The molecule has 0 atom stereocenters. The summed E-state index contributed by atoms with van der Waals surface area (Å²) in [6, 6.07) is 12.4. The third-order valence-electron chi connectivity index (χ3n) is 4.82. The normalized spacial score (nSPS) is 13.3. The molecule has 2 aromatic carbocycles. The average Bonchev–Trinajstić information content (AvgIpc) is 2.68. The number of hydrogen-bond donors (Lipinski definition) is 3. The summed E-state index contributed by atoms with van der Waals surface area (Å²) in [6.07, 6.45) is 0.964. The van der Waals surface area contributed by atoms with Crippen molar-refractivity contribution in [3.8, 4) is 0 Å². The number of H-pyrrole nitrogens is 1. The standard InChI is InChI=1S/C20H17N3O4/c24-18-14-5-1-2-6-16(14)21-10-15(18)19(25)22-17-7-3-4-12-11-23(20(26)27)9-8-13(12)17/h1-7,10H,8-9,11H2,(H,21,24)(H,22,25)(H,26,27). The van der Waals surface area contributed by atoms with E-state index in [1.165, 1.54) is 11.1 Å². The van der Waals surface area contributed by atoms with Crippen molar-refractivity contribution in [3.05, 3.63) is 75.6 Å². The van der Waals surface area contributed by atoms with E-state index in [2.05, 4.69) is 10.3 Å². The summed E-state index contributed by atoms with van der Waals surface area (Å²) in [6.45, 7) is 0.650. The summed E-state index contributed by atoms with van der Waals surface area (Å²) in [5.74, 6) is -0.490. The van der Waals surface area contributed by atoms with Gasteiger partial charge in [-0.25, -0.2) is 4.79 Å². The van der Waals surface area contributed by atoms with Gasteiger partial charge in [-0.05, 0) is 35.7 Å². The molecule has 3 aromatic rings. The molecule has 0 fully saturated rings. The van der Waals surface area contributed by atoms with Gasteiger partial charge in [0.1, 0.15) is 5.56 Å². The highest BCUT2D eigenvalue weighted by Gasteiger charge is 2.23. The lowest BCUT2D eigenvalue weighted by Crippen LogP contribution is -2.35. The van der Waals surface area contributed by atoms with E-state index in [1.54, 1.807) is 30.3 Å². The van der Waals surface area contributed by atoms with E-state index in [1.807, 2.05) is 12.1 Å². The Morgan fingerprint density at radius 3 is 2.74 bits per heavy atom. The van der Waals surface area contributed by atoms with Crippen LogP contribution in [-0.2, 0) is 13.0 Å². The molecule has 0 spiro atoms. The summed E-state index contributed by atoms with van der Waals surface area (Å²) in [5.41, 5.74) is 2.74. The number of fused-ring (bicyclic) bond motifs is 2. The first-order chi connectivity index (χ1) is 13.0. The number of rotatable bonds is 2. The number of hydrogen-bond acceptors (Lipinski definition) is 3. The molecule has 0 bridgehead atoms. The van der Waals surface area contributed by atoms with Gasteiger partial charge in [0.15, 0.2) is 0 Å². The zero-order chi connectivity index (χ0) is 19.0. The number of para-hydroxylation sites is 1. The lowest BCUT2D eigenvalue weighted by molar-refractivity contribution is 0.102. The number of carbonyl (C=O) groups excluding carboxylic acids is 1. The van der Waals surface area contributed by atoms with Crippen LogP contribution in [0.5, 0.6) is 0 Å². The Kier molecular flexibility index (Phi) is 4.12. The number of carboxylic acid groups (broad SMARTS) is 1. The van der Waals surface area contributed by atoms with Crippen LogP contribution in [0.15, 0.2) is 53.5 Å². The van der Waals surface area contributed by atoms with E-state index in [4.69, 9.17) is 5.11 Å². The highest BCUT2D eigenvalue weighted by atomic mass is 16.4. The predicted octanol–water partition coefficient (Wildman–Crippen LogP) is 2.82. The van der Waals surface area contributed by atoms with E-state index in [0.717, 1.165) is 11.1 Å². The maximum atomic E-state index is 12.7. The number of nitrogens with zero attached hydrogens (tertiary/aromatic N) is 1. The third kappa shape index (κ3) is 3.03. The van der Waals surface area contributed by atoms with Crippen LogP contribution in [-0.4, -0.2) is 33.5 Å². The Labute approximate surface area is 154 Å². The monoisotopic (exact) mass is 363 g/mol. The van der Waals surface area contributed by atoms with Crippen molar-refractivity contribution in [2.24, 2.45) is 0 Å². The molecular weight excluding hydrogens is 346 g/mol. The number of amides is 2. The van der Waals surface area contributed by atoms with E-state index >= 15 is 0 Å². The van der Waals surface area contributed by atoms with Gasteiger partial charge in [0.2, 0.25) is 5.43 Å². The summed E-state index contributed by atoms with van der Waals surface area (Å²) < 4.78 is 0. The van der Waals surface area contributed by atoms with Crippen LogP contribution < -0.4 is 10.7 Å². The minimum absolute atomic E-state index is 0.0364. The molecule has 1 aromatic heterocycles. The van der Waals surface area contributed by atoms with Crippen LogP contribution in [0, 0.1) is 0 Å². The maximum absolute atomic E-state index is 12.7. The zero-order valence-corrected chi connectivity index (χ0v) is 14.4. The summed E-state index contributed by atoms with van der Waals surface area (Å²) in [4.78, 5) is 40.8. The van der Waals surface area contributed by atoms with Crippen molar-refractivity contribution in [2.75, 3.05) is 11.9 Å². The van der Waals surface area contributed by atoms with E-state index < -0.39 is 12.0 Å². The number of nitrogens with one attached hydrogen (secondary N) is 2. The SMILES string of the molecule is O=C(Nc1cccc2c1CCN(C(=O)O)C2)c1c[nH]c2ccccc2c1=O. The fourth-order valence-corrected chi connectivity index (χ4v) is 3.42. The predicted molar refractivity (Wildman–Crippen MR) is 101 cm³/mol. The second-order valence-corrected chi connectivity index (χ2v) is 6.43. The van der Waals surface area contributed by atoms with Crippen LogP contribution in [0.3, 0.4) is 0 Å². The van der Waals surface area contributed by atoms with Crippen molar-refractivity contribution in [3.63, 3.8) is 0 Å². The van der Waals surface area contributed by atoms with E-state index in [0.29, 0.717) is 29.6 Å². The second-order valence-electron chi connectivity index (χ2n) is 6.43. The van der Waals surface area contributed by atoms with E-state index in [-0.39, 0.29) is 17.5 Å². The van der Waals surface area contributed by atoms with Gasteiger partial charge in [0, 0.05) is 35.9 Å². The summed E-state index contributed by atoms with van der Waals surface area (Å²) >= 11 is 0. The fourth-order valence-electron chi connectivity index (χ4n) is 3.42. The van der Waals surface area contributed by atoms with Crippen LogP contribution in [0.2, 0.25) is 0 Å². The molecule has 2 heterocycles. The smallest absolute Gasteiger partial charge is 0.407 e. The first-order valence-electron chi connectivity index (χ1n) is 8.55. The van der Waals surface area contributed by atoms with Crippen molar-refractivity contribution in [2.45, 2.75) is 13.0 Å². The molecule has 27 heavy (non-hydrogen) atoms. The Balaban J connectivity index is 1.65. The van der Waals surface area contributed by atoms with Gasteiger partial charge >= 0.3 is 6.09 Å². The van der Waals surface area contributed by atoms with Gasteiger partial charge in [0.25, 0.3) is 5.91 Å². The van der Waals surface area contributed by atoms with Crippen LogP contribution in [0.25, 0.3) is 10.9 Å². The Bertz CT molecular complexity index is 1120. The van der Waals surface area contributed by atoms with Gasteiger partial charge < -0.3 is 20.3 Å². The van der Waals surface area contributed by atoms with Gasteiger partial charge in [-0.1, -0.05) is 24.3 Å². The van der Waals surface area contributed by atoms with Gasteiger partial charge in [-0.3, -0.25) is 9.59 Å². The molecule has 7 nitrogen and oxygen atoms in total. The largest absolute Gasteiger partial charge is 0.465 e. The van der Waals surface area contributed by atoms with Gasteiger partial charge in [-0.15, -0.1) is 0 Å². The molecule has 0 radical (unpaired) electrons. The quantitative estimate of drug-likeness (QED) is 0.651. The fraction of sp³-hybridized carbons (Fsp3) is 0.150. The lowest BCUT2D eigenvalue weighted by atomic mass is 9.98. The molecule has 7 heteroatoms.